The van der Waals surface area contributed by atoms with E-state index in [1.54, 1.807) is 39.0 Å². The minimum absolute atomic E-state index is 0.0310. The number of halogens is 3. The first kappa shape index (κ1) is 21.5. The first-order chi connectivity index (χ1) is 14.0. The van der Waals surface area contributed by atoms with Gasteiger partial charge in [0.2, 0.25) is 0 Å². The zero-order valence-corrected chi connectivity index (χ0v) is 17.1. The Morgan fingerprint density at radius 2 is 1.83 bits per heavy atom. The maximum atomic E-state index is 13.1. The molecule has 0 saturated carbocycles. The fourth-order valence-corrected chi connectivity index (χ4v) is 3.58. The molecule has 0 unspecified atom stereocenters. The molecule has 2 aromatic carbocycles. The third kappa shape index (κ3) is 4.33. The molecule has 0 aliphatic heterocycles. The monoisotopic (exact) mass is 430 g/mol. The van der Waals surface area contributed by atoms with Crippen LogP contribution < -0.4 is 5.32 Å². The second kappa shape index (κ2) is 7.88. The van der Waals surface area contributed by atoms with E-state index in [9.17, 15) is 23.2 Å². The summed E-state index contributed by atoms with van der Waals surface area (Å²) in [4.78, 5) is 13.0. The van der Waals surface area contributed by atoms with E-state index >= 15 is 0 Å². The molecule has 0 radical (unpaired) electrons. The number of allylic oxidation sites excluding steroid dienone is 2. The van der Waals surface area contributed by atoms with Crippen LogP contribution >= 0.6 is 11.5 Å². The van der Waals surface area contributed by atoms with Crippen molar-refractivity contribution in [1.82, 2.24) is 14.9 Å². The molecule has 0 saturated heterocycles. The lowest BCUT2D eigenvalue weighted by Gasteiger charge is -2.26. The number of nitrogens with zero attached hydrogens (tertiary/aromatic N) is 3. The normalized spacial score (nSPS) is 13.0. The van der Waals surface area contributed by atoms with Crippen molar-refractivity contribution < 1.29 is 18.0 Å². The van der Waals surface area contributed by atoms with Crippen LogP contribution in [0.4, 0.5) is 13.2 Å². The second-order valence-electron chi connectivity index (χ2n) is 7.57. The SMILES string of the molecule is CC(C)(C)C(NC(=O)c1cccc2nnsc12)=C(C#N)c1cccc(C(F)(F)F)c1. The highest BCUT2D eigenvalue weighted by Crippen LogP contribution is 2.35. The quantitative estimate of drug-likeness (QED) is 0.563. The third-order valence-electron chi connectivity index (χ3n) is 4.35. The minimum Gasteiger partial charge on any atom is -0.324 e. The highest BCUT2D eigenvalue weighted by molar-refractivity contribution is 7.13. The second-order valence-corrected chi connectivity index (χ2v) is 8.33. The fourth-order valence-electron chi connectivity index (χ4n) is 2.91. The average molecular weight is 430 g/mol. The molecule has 0 spiro atoms. The molecule has 0 fully saturated rings. The van der Waals surface area contributed by atoms with Crippen LogP contribution in [0.2, 0.25) is 0 Å². The average Bonchev–Trinajstić information content (AvgIpc) is 3.15. The molecular weight excluding hydrogens is 413 g/mol. The van der Waals surface area contributed by atoms with E-state index in [1.165, 1.54) is 12.1 Å². The van der Waals surface area contributed by atoms with E-state index in [2.05, 4.69) is 14.9 Å². The number of carbonyl (C=O) groups excluding carboxylic acids is 1. The van der Waals surface area contributed by atoms with Crippen LogP contribution in [0.5, 0.6) is 0 Å². The summed E-state index contributed by atoms with van der Waals surface area (Å²) in [7, 11) is 0. The van der Waals surface area contributed by atoms with Gasteiger partial charge in [-0.1, -0.05) is 43.5 Å². The summed E-state index contributed by atoms with van der Waals surface area (Å²) in [6.45, 7) is 5.30. The van der Waals surface area contributed by atoms with Gasteiger partial charge in [0.1, 0.15) is 11.6 Å². The number of nitrogens with one attached hydrogen (secondary N) is 1. The molecular formula is C21H17F3N4OS. The van der Waals surface area contributed by atoms with E-state index in [4.69, 9.17) is 0 Å². The number of benzene rings is 2. The third-order valence-corrected chi connectivity index (χ3v) is 5.12. The van der Waals surface area contributed by atoms with E-state index in [0.717, 1.165) is 23.7 Å². The van der Waals surface area contributed by atoms with Crippen molar-refractivity contribution in [2.45, 2.75) is 26.9 Å². The number of hydrogen-bond donors (Lipinski definition) is 1. The van der Waals surface area contributed by atoms with Gasteiger partial charge in [0.25, 0.3) is 5.91 Å². The predicted octanol–water partition coefficient (Wildman–Crippen LogP) is 5.42. The number of carbonyl (C=O) groups is 1. The van der Waals surface area contributed by atoms with Crippen molar-refractivity contribution in [2.24, 2.45) is 5.41 Å². The molecule has 0 bridgehead atoms. The van der Waals surface area contributed by atoms with Gasteiger partial charge < -0.3 is 5.32 Å². The number of hydrogen-bond acceptors (Lipinski definition) is 5. The Hall–Kier alpha value is -3.25. The molecule has 1 N–H and O–H groups in total. The van der Waals surface area contributed by atoms with Crippen molar-refractivity contribution in [2.75, 3.05) is 0 Å². The Kier molecular flexibility index (Phi) is 5.63. The standard InChI is InChI=1S/C21H17F3N4OS/c1-20(2,3)18(15(11-25)12-6-4-7-13(10-12)21(22,23)24)26-19(29)14-8-5-9-16-17(14)30-28-27-16/h4-10H,1-3H3,(H,26,29). The zero-order chi connectivity index (χ0) is 22.1. The van der Waals surface area contributed by atoms with Gasteiger partial charge in [-0.15, -0.1) is 5.10 Å². The Bertz CT molecular complexity index is 1180. The lowest BCUT2D eigenvalue weighted by atomic mass is 9.86. The number of rotatable bonds is 3. The molecule has 1 amide bonds. The van der Waals surface area contributed by atoms with Gasteiger partial charge in [-0.25, -0.2) is 0 Å². The number of fused-ring (bicyclic) bond motifs is 1. The molecule has 1 heterocycles. The van der Waals surface area contributed by atoms with Crippen molar-refractivity contribution in [3.05, 3.63) is 64.9 Å². The summed E-state index contributed by atoms with van der Waals surface area (Å²) >= 11 is 1.06. The highest BCUT2D eigenvalue weighted by atomic mass is 32.1. The van der Waals surface area contributed by atoms with E-state index < -0.39 is 23.1 Å². The highest BCUT2D eigenvalue weighted by Gasteiger charge is 2.32. The van der Waals surface area contributed by atoms with Crippen LogP contribution in [0.3, 0.4) is 0 Å². The van der Waals surface area contributed by atoms with Gasteiger partial charge >= 0.3 is 6.18 Å². The first-order valence-corrected chi connectivity index (χ1v) is 9.64. The molecule has 3 rings (SSSR count). The van der Waals surface area contributed by atoms with Crippen LogP contribution in [0.25, 0.3) is 15.8 Å². The smallest absolute Gasteiger partial charge is 0.324 e. The van der Waals surface area contributed by atoms with E-state index in [0.29, 0.717) is 15.8 Å². The summed E-state index contributed by atoms with van der Waals surface area (Å²) in [6, 6.07) is 11.5. The van der Waals surface area contributed by atoms with Gasteiger partial charge in [0.15, 0.2) is 0 Å². The Morgan fingerprint density at radius 3 is 2.47 bits per heavy atom. The Balaban J connectivity index is 2.11. The zero-order valence-electron chi connectivity index (χ0n) is 16.3. The lowest BCUT2D eigenvalue weighted by Crippen LogP contribution is -2.31. The number of nitriles is 1. The van der Waals surface area contributed by atoms with Gasteiger partial charge in [-0.2, -0.15) is 18.4 Å². The molecule has 9 heteroatoms. The van der Waals surface area contributed by atoms with Crippen molar-refractivity contribution in [3.8, 4) is 6.07 Å². The Labute approximate surface area is 175 Å². The van der Waals surface area contributed by atoms with Crippen LogP contribution in [0.1, 0.15) is 42.3 Å². The maximum absolute atomic E-state index is 13.1. The first-order valence-electron chi connectivity index (χ1n) is 8.87. The summed E-state index contributed by atoms with van der Waals surface area (Å²) in [5.41, 5.74) is -0.434. The largest absolute Gasteiger partial charge is 0.416 e. The minimum atomic E-state index is -4.55. The van der Waals surface area contributed by atoms with Crippen molar-refractivity contribution in [3.63, 3.8) is 0 Å². The van der Waals surface area contributed by atoms with Crippen molar-refractivity contribution >= 4 is 33.2 Å². The summed E-state index contributed by atoms with van der Waals surface area (Å²) in [5, 5.41) is 16.5. The number of alkyl halides is 3. The maximum Gasteiger partial charge on any atom is 0.416 e. The molecule has 0 atom stereocenters. The molecule has 3 aromatic rings. The van der Waals surface area contributed by atoms with E-state index in [1.807, 2.05) is 6.07 Å². The van der Waals surface area contributed by atoms with Gasteiger partial charge in [-0.3, -0.25) is 4.79 Å². The summed E-state index contributed by atoms with van der Waals surface area (Å²) in [5.74, 6) is -0.490. The van der Waals surface area contributed by atoms with Gasteiger partial charge in [0, 0.05) is 11.1 Å². The number of amides is 1. The predicted molar refractivity (Wildman–Crippen MR) is 108 cm³/mol. The molecule has 154 valence electrons. The molecule has 5 nitrogen and oxygen atoms in total. The molecule has 0 aliphatic rings. The fraction of sp³-hybridized carbons (Fsp3) is 0.238. The Morgan fingerprint density at radius 1 is 1.13 bits per heavy atom. The topological polar surface area (TPSA) is 78.7 Å². The van der Waals surface area contributed by atoms with Gasteiger partial charge in [0.05, 0.1) is 21.4 Å². The summed E-state index contributed by atoms with van der Waals surface area (Å²) < 4.78 is 43.8. The molecule has 0 aliphatic carbocycles. The van der Waals surface area contributed by atoms with Crippen LogP contribution in [0.15, 0.2) is 48.2 Å². The van der Waals surface area contributed by atoms with Gasteiger partial charge in [-0.05, 0) is 41.4 Å². The summed E-state index contributed by atoms with van der Waals surface area (Å²) in [6.07, 6.45) is -4.55. The lowest BCUT2D eigenvalue weighted by molar-refractivity contribution is -0.137. The van der Waals surface area contributed by atoms with E-state index in [-0.39, 0.29) is 16.8 Å². The van der Waals surface area contributed by atoms with Crippen LogP contribution in [-0.4, -0.2) is 15.5 Å². The molecule has 30 heavy (non-hydrogen) atoms. The van der Waals surface area contributed by atoms with Crippen molar-refractivity contribution in [1.29, 1.82) is 5.26 Å². The van der Waals surface area contributed by atoms with Crippen LogP contribution in [0, 0.1) is 16.7 Å². The van der Waals surface area contributed by atoms with Crippen LogP contribution in [-0.2, 0) is 6.18 Å². The number of aromatic nitrogens is 2. The molecule has 1 aromatic heterocycles.